The molecule has 2 rings (SSSR count). The highest BCUT2D eigenvalue weighted by Crippen LogP contribution is 2.42. The molecule has 3 unspecified atom stereocenters. The Morgan fingerprint density at radius 2 is 1.88 bits per heavy atom. The number of hydrogen-bond donors (Lipinski definition) is 1. The molecule has 3 nitrogen and oxygen atoms in total. The number of thioether (sulfide) groups is 2. The Labute approximate surface area is 167 Å². The van der Waals surface area contributed by atoms with Crippen molar-refractivity contribution in [1.29, 1.82) is 0 Å². The van der Waals surface area contributed by atoms with Crippen molar-refractivity contribution in [3.05, 3.63) is 29.8 Å². The molecule has 0 aromatic heterocycles. The van der Waals surface area contributed by atoms with E-state index >= 15 is 0 Å². The molecule has 5 heteroatoms. The lowest BCUT2D eigenvalue weighted by atomic mass is 10.00. The first-order valence-corrected chi connectivity index (χ1v) is 11.5. The molecule has 0 bridgehead atoms. The van der Waals surface area contributed by atoms with Crippen LogP contribution in [0.25, 0.3) is 0 Å². The van der Waals surface area contributed by atoms with Crippen molar-refractivity contribution in [2.24, 2.45) is 0 Å². The zero-order valence-corrected chi connectivity index (χ0v) is 18.1. The molecule has 0 aliphatic heterocycles. The summed E-state index contributed by atoms with van der Waals surface area (Å²) in [6.07, 6.45) is 5.03. The first-order chi connectivity index (χ1) is 12.5. The second-order valence-corrected chi connectivity index (χ2v) is 10.1. The van der Waals surface area contributed by atoms with E-state index in [2.05, 4.69) is 43.4 Å². The molecule has 146 valence electrons. The summed E-state index contributed by atoms with van der Waals surface area (Å²) in [4.78, 5) is 13.7. The van der Waals surface area contributed by atoms with Gasteiger partial charge in [-0.15, -0.1) is 23.5 Å². The van der Waals surface area contributed by atoms with Crippen LogP contribution in [0.3, 0.4) is 0 Å². The molecule has 0 radical (unpaired) electrons. The van der Waals surface area contributed by atoms with Gasteiger partial charge < -0.3 is 10.1 Å². The molecule has 26 heavy (non-hydrogen) atoms. The minimum atomic E-state index is -0.0154. The third kappa shape index (κ3) is 6.50. The predicted octanol–water partition coefficient (Wildman–Crippen LogP) is 5.10. The average molecular weight is 396 g/mol. The van der Waals surface area contributed by atoms with Crippen LogP contribution in [0.15, 0.2) is 29.2 Å². The second-order valence-electron chi connectivity index (χ2n) is 7.23. The molecule has 1 saturated carbocycles. The summed E-state index contributed by atoms with van der Waals surface area (Å²) in [5, 5.41) is 4.08. The van der Waals surface area contributed by atoms with Crippen molar-refractivity contribution in [3.63, 3.8) is 0 Å². The van der Waals surface area contributed by atoms with E-state index < -0.39 is 0 Å². The summed E-state index contributed by atoms with van der Waals surface area (Å²) in [5.74, 6) is 0.669. The lowest BCUT2D eigenvalue weighted by Gasteiger charge is -2.32. The highest BCUT2D eigenvalue weighted by atomic mass is 32.2. The van der Waals surface area contributed by atoms with Crippen LogP contribution in [-0.2, 0) is 9.53 Å². The number of rotatable bonds is 9. The van der Waals surface area contributed by atoms with Crippen molar-refractivity contribution in [2.45, 2.75) is 73.0 Å². The quantitative estimate of drug-likeness (QED) is 0.591. The number of nitrogens with one attached hydrogen (secondary N) is 1. The van der Waals surface area contributed by atoms with Gasteiger partial charge in [0, 0.05) is 29.0 Å². The standard InChI is InChI=1S/C21H33NO2S2/c1-15(2)17-9-5-6-10-18(17)26-20-12-8-7-11-19(20)25-16(3)21(23)22-13-14-24-4/h5-6,9-10,15-16,19-20H,7-8,11-14H2,1-4H3,(H,22,23). The van der Waals surface area contributed by atoms with E-state index in [-0.39, 0.29) is 11.2 Å². The Morgan fingerprint density at radius 3 is 2.58 bits per heavy atom. The van der Waals surface area contributed by atoms with Gasteiger partial charge in [0.15, 0.2) is 0 Å². The minimum absolute atomic E-state index is 0.0154. The molecule has 1 aromatic carbocycles. The third-order valence-corrected chi connectivity index (χ3v) is 8.02. The van der Waals surface area contributed by atoms with Crippen LogP contribution in [0.4, 0.5) is 0 Å². The Bertz CT molecular complexity index is 565. The van der Waals surface area contributed by atoms with Crippen LogP contribution >= 0.6 is 23.5 Å². The fourth-order valence-electron chi connectivity index (χ4n) is 3.33. The highest BCUT2D eigenvalue weighted by Gasteiger charge is 2.30. The van der Waals surface area contributed by atoms with E-state index in [0.29, 0.717) is 29.6 Å². The molecule has 0 saturated heterocycles. The van der Waals surface area contributed by atoms with Gasteiger partial charge in [0.25, 0.3) is 0 Å². The number of carbonyl (C=O) groups is 1. The van der Waals surface area contributed by atoms with Crippen molar-refractivity contribution in [2.75, 3.05) is 20.3 Å². The van der Waals surface area contributed by atoms with Gasteiger partial charge in [-0.05, 0) is 37.3 Å². The van der Waals surface area contributed by atoms with Crippen LogP contribution in [-0.4, -0.2) is 41.9 Å². The topological polar surface area (TPSA) is 38.3 Å². The largest absolute Gasteiger partial charge is 0.383 e. The van der Waals surface area contributed by atoms with Crippen molar-refractivity contribution in [1.82, 2.24) is 5.32 Å². The molecule has 0 spiro atoms. The number of hydrogen-bond acceptors (Lipinski definition) is 4. The van der Waals surface area contributed by atoms with E-state index in [1.807, 2.05) is 30.4 Å². The van der Waals surface area contributed by atoms with Gasteiger partial charge in [-0.2, -0.15) is 0 Å². The lowest BCUT2D eigenvalue weighted by molar-refractivity contribution is -0.120. The van der Waals surface area contributed by atoms with Gasteiger partial charge in [-0.3, -0.25) is 4.79 Å². The molecular formula is C21H33NO2S2. The van der Waals surface area contributed by atoms with E-state index in [4.69, 9.17) is 4.74 Å². The summed E-state index contributed by atoms with van der Waals surface area (Å²) >= 11 is 3.88. The fourth-order valence-corrected chi connectivity index (χ4v) is 6.53. The molecule has 0 heterocycles. The zero-order valence-electron chi connectivity index (χ0n) is 16.5. The van der Waals surface area contributed by atoms with E-state index in [0.717, 1.165) is 0 Å². The molecule has 1 aromatic rings. The van der Waals surface area contributed by atoms with E-state index in [1.54, 1.807) is 7.11 Å². The molecule has 1 aliphatic carbocycles. The molecule has 1 N–H and O–H groups in total. The van der Waals surface area contributed by atoms with Gasteiger partial charge in [0.1, 0.15) is 0 Å². The maximum atomic E-state index is 12.3. The first kappa shape index (κ1) is 21.6. The van der Waals surface area contributed by atoms with Crippen molar-refractivity contribution < 1.29 is 9.53 Å². The number of amides is 1. The number of ether oxygens (including phenoxy) is 1. The molecule has 1 fully saturated rings. The molecule has 1 aliphatic rings. The van der Waals surface area contributed by atoms with Crippen molar-refractivity contribution in [3.8, 4) is 0 Å². The van der Waals surface area contributed by atoms with Crippen LogP contribution in [0, 0.1) is 0 Å². The first-order valence-electron chi connectivity index (χ1n) is 9.70. The Morgan fingerprint density at radius 1 is 1.19 bits per heavy atom. The lowest BCUT2D eigenvalue weighted by Crippen LogP contribution is -2.36. The maximum Gasteiger partial charge on any atom is 0.232 e. The fraction of sp³-hybridized carbons (Fsp3) is 0.667. The number of methoxy groups -OCH3 is 1. The molecule has 1 amide bonds. The predicted molar refractivity (Wildman–Crippen MR) is 114 cm³/mol. The van der Waals surface area contributed by atoms with Crippen LogP contribution < -0.4 is 5.32 Å². The third-order valence-electron chi connectivity index (χ3n) is 4.81. The molecular weight excluding hydrogens is 362 g/mol. The minimum Gasteiger partial charge on any atom is -0.383 e. The summed E-state index contributed by atoms with van der Waals surface area (Å²) in [6.45, 7) is 7.71. The Balaban J connectivity index is 1.98. The van der Waals surface area contributed by atoms with Gasteiger partial charge in [0.05, 0.1) is 11.9 Å². The van der Waals surface area contributed by atoms with Gasteiger partial charge in [-0.1, -0.05) is 44.9 Å². The van der Waals surface area contributed by atoms with Crippen LogP contribution in [0.5, 0.6) is 0 Å². The average Bonchev–Trinajstić information content (AvgIpc) is 2.63. The number of benzene rings is 1. The molecule has 3 atom stereocenters. The van der Waals surface area contributed by atoms with Gasteiger partial charge >= 0.3 is 0 Å². The zero-order chi connectivity index (χ0) is 18.9. The SMILES string of the molecule is COCCNC(=O)C(C)SC1CCCCC1Sc1ccccc1C(C)C. The summed E-state index contributed by atoms with van der Waals surface area (Å²) < 4.78 is 5.01. The maximum absolute atomic E-state index is 12.3. The van der Waals surface area contributed by atoms with Gasteiger partial charge in [0.2, 0.25) is 5.91 Å². The normalized spacial score (nSPS) is 21.6. The van der Waals surface area contributed by atoms with E-state index in [9.17, 15) is 4.79 Å². The van der Waals surface area contributed by atoms with Crippen LogP contribution in [0.2, 0.25) is 0 Å². The van der Waals surface area contributed by atoms with Crippen LogP contribution in [0.1, 0.15) is 57.9 Å². The summed E-state index contributed by atoms with van der Waals surface area (Å²) in [5.41, 5.74) is 1.44. The van der Waals surface area contributed by atoms with Gasteiger partial charge in [-0.25, -0.2) is 0 Å². The number of carbonyl (C=O) groups excluding carboxylic acids is 1. The Hall–Kier alpha value is -0.650. The monoisotopic (exact) mass is 395 g/mol. The summed E-state index contributed by atoms with van der Waals surface area (Å²) in [6, 6.07) is 8.80. The summed E-state index contributed by atoms with van der Waals surface area (Å²) in [7, 11) is 1.66. The second kappa shape index (κ2) is 11.3. The smallest absolute Gasteiger partial charge is 0.232 e. The Kier molecular flexibility index (Phi) is 9.37. The highest BCUT2D eigenvalue weighted by molar-refractivity contribution is 8.04. The van der Waals surface area contributed by atoms with E-state index in [1.165, 1.54) is 36.1 Å². The van der Waals surface area contributed by atoms with Crippen molar-refractivity contribution >= 4 is 29.4 Å².